The van der Waals surface area contributed by atoms with E-state index in [1.54, 1.807) is 19.2 Å². The molecule has 2 rings (SSSR count). The average molecular weight is 278 g/mol. The highest BCUT2D eigenvalue weighted by molar-refractivity contribution is 5.99. The van der Waals surface area contributed by atoms with Gasteiger partial charge in [-0.1, -0.05) is 38.2 Å². The van der Waals surface area contributed by atoms with Crippen molar-refractivity contribution >= 4 is 11.6 Å². The maximum atomic E-state index is 13.7. The number of amides is 1. The van der Waals surface area contributed by atoms with Gasteiger partial charge >= 0.3 is 0 Å². The van der Waals surface area contributed by atoms with Gasteiger partial charge in [0.2, 0.25) is 0 Å². The minimum atomic E-state index is -0.391. The summed E-state index contributed by atoms with van der Waals surface area (Å²) >= 11 is 0. The molecule has 0 heterocycles. The van der Waals surface area contributed by atoms with E-state index >= 15 is 0 Å². The molecule has 0 spiro atoms. The third-order valence-electron chi connectivity index (χ3n) is 3.95. The monoisotopic (exact) mass is 278 g/mol. The van der Waals surface area contributed by atoms with E-state index in [0.717, 1.165) is 25.7 Å². The molecular formula is C16H23FN2O. The molecule has 0 bridgehead atoms. The van der Waals surface area contributed by atoms with Gasteiger partial charge < -0.3 is 10.6 Å². The lowest BCUT2D eigenvalue weighted by molar-refractivity contribution is 0.0931. The first kappa shape index (κ1) is 14.8. The molecule has 1 amide bonds. The first-order valence-corrected chi connectivity index (χ1v) is 7.49. The smallest absolute Gasteiger partial charge is 0.253 e. The number of hydrogen-bond donors (Lipinski definition) is 2. The van der Waals surface area contributed by atoms with E-state index in [1.165, 1.54) is 25.3 Å². The van der Waals surface area contributed by atoms with Crippen LogP contribution < -0.4 is 10.6 Å². The van der Waals surface area contributed by atoms with Crippen LogP contribution in [0.15, 0.2) is 18.2 Å². The molecule has 1 aliphatic carbocycles. The van der Waals surface area contributed by atoms with E-state index in [2.05, 4.69) is 10.6 Å². The third kappa shape index (κ3) is 3.71. The molecule has 1 saturated carbocycles. The standard InChI is InChI=1S/C16H23FN2O/c1-18-15-13(10-7-11-14(15)17)16(20)19-12-8-5-3-2-4-6-9-12/h7,10-12,18H,2-6,8-9H2,1H3,(H,19,20). The van der Waals surface area contributed by atoms with E-state index in [0.29, 0.717) is 5.56 Å². The lowest BCUT2D eigenvalue weighted by Gasteiger charge is -2.21. The van der Waals surface area contributed by atoms with Crippen molar-refractivity contribution in [3.8, 4) is 0 Å². The molecule has 0 aromatic heterocycles. The van der Waals surface area contributed by atoms with Crippen LogP contribution >= 0.6 is 0 Å². The van der Waals surface area contributed by atoms with Gasteiger partial charge in [0.1, 0.15) is 5.82 Å². The van der Waals surface area contributed by atoms with Gasteiger partial charge in [0.15, 0.2) is 0 Å². The van der Waals surface area contributed by atoms with Gasteiger partial charge in [-0.2, -0.15) is 0 Å². The fourth-order valence-corrected chi connectivity index (χ4v) is 2.83. The van der Waals surface area contributed by atoms with Crippen molar-refractivity contribution in [2.75, 3.05) is 12.4 Å². The van der Waals surface area contributed by atoms with Crippen molar-refractivity contribution in [1.29, 1.82) is 0 Å². The Balaban J connectivity index is 2.05. The Morgan fingerprint density at radius 3 is 2.45 bits per heavy atom. The molecule has 4 heteroatoms. The van der Waals surface area contributed by atoms with Gasteiger partial charge in [-0.05, 0) is 25.0 Å². The van der Waals surface area contributed by atoms with Crippen molar-refractivity contribution < 1.29 is 9.18 Å². The largest absolute Gasteiger partial charge is 0.385 e. The number of anilines is 1. The summed E-state index contributed by atoms with van der Waals surface area (Å²) < 4.78 is 13.7. The molecule has 2 N–H and O–H groups in total. The quantitative estimate of drug-likeness (QED) is 0.885. The summed E-state index contributed by atoms with van der Waals surface area (Å²) in [5.74, 6) is -0.572. The van der Waals surface area contributed by atoms with Gasteiger partial charge in [-0.25, -0.2) is 4.39 Å². The molecule has 3 nitrogen and oxygen atoms in total. The number of para-hydroxylation sites is 1. The van der Waals surface area contributed by atoms with Crippen LogP contribution in [-0.2, 0) is 0 Å². The Bertz CT molecular complexity index is 454. The number of nitrogens with one attached hydrogen (secondary N) is 2. The number of rotatable bonds is 3. The van der Waals surface area contributed by atoms with Crippen molar-refractivity contribution in [2.24, 2.45) is 0 Å². The molecule has 0 atom stereocenters. The number of carbonyl (C=O) groups is 1. The maximum Gasteiger partial charge on any atom is 0.253 e. The fourth-order valence-electron chi connectivity index (χ4n) is 2.83. The third-order valence-corrected chi connectivity index (χ3v) is 3.95. The van der Waals surface area contributed by atoms with Crippen LogP contribution in [0.4, 0.5) is 10.1 Å². The molecule has 1 aromatic carbocycles. The maximum absolute atomic E-state index is 13.7. The molecule has 20 heavy (non-hydrogen) atoms. The predicted molar refractivity (Wildman–Crippen MR) is 79.5 cm³/mol. The topological polar surface area (TPSA) is 41.1 Å². The number of hydrogen-bond acceptors (Lipinski definition) is 2. The van der Waals surface area contributed by atoms with Gasteiger partial charge in [0, 0.05) is 13.1 Å². The van der Waals surface area contributed by atoms with Gasteiger partial charge in [-0.3, -0.25) is 4.79 Å². The lowest BCUT2D eigenvalue weighted by Crippen LogP contribution is -2.35. The van der Waals surface area contributed by atoms with Crippen molar-refractivity contribution in [1.82, 2.24) is 5.32 Å². The van der Waals surface area contributed by atoms with Crippen LogP contribution in [0.25, 0.3) is 0 Å². The highest BCUT2D eigenvalue weighted by atomic mass is 19.1. The molecular weight excluding hydrogens is 255 g/mol. The summed E-state index contributed by atoms with van der Waals surface area (Å²) in [6, 6.07) is 4.81. The molecule has 0 aliphatic heterocycles. The van der Waals surface area contributed by atoms with Crippen molar-refractivity contribution in [2.45, 2.75) is 51.0 Å². The summed E-state index contributed by atoms with van der Waals surface area (Å²) in [7, 11) is 1.63. The van der Waals surface area contributed by atoms with E-state index in [1.807, 2.05) is 0 Å². The zero-order valence-electron chi connectivity index (χ0n) is 12.0. The summed E-state index contributed by atoms with van der Waals surface area (Å²) in [4.78, 5) is 12.3. The molecule has 1 aromatic rings. The number of halogens is 1. The highest BCUT2D eigenvalue weighted by Crippen LogP contribution is 2.21. The van der Waals surface area contributed by atoms with E-state index in [9.17, 15) is 9.18 Å². The second-order valence-corrected chi connectivity index (χ2v) is 5.43. The Labute approximate surface area is 120 Å². The molecule has 0 radical (unpaired) electrons. The molecule has 1 aliphatic rings. The second kappa shape index (κ2) is 7.27. The first-order chi connectivity index (χ1) is 9.72. The summed E-state index contributed by atoms with van der Waals surface area (Å²) in [5, 5.41) is 5.83. The van der Waals surface area contributed by atoms with Gasteiger partial charge in [-0.15, -0.1) is 0 Å². The van der Waals surface area contributed by atoms with E-state index < -0.39 is 5.82 Å². The summed E-state index contributed by atoms with van der Waals surface area (Å²) in [6.45, 7) is 0. The predicted octanol–water partition coefficient (Wildman–Crippen LogP) is 3.71. The van der Waals surface area contributed by atoms with Crippen molar-refractivity contribution in [3.05, 3.63) is 29.6 Å². The van der Waals surface area contributed by atoms with Gasteiger partial charge in [0.25, 0.3) is 5.91 Å². The van der Waals surface area contributed by atoms with Crippen LogP contribution in [-0.4, -0.2) is 19.0 Å². The zero-order valence-corrected chi connectivity index (χ0v) is 12.0. The lowest BCUT2D eigenvalue weighted by atomic mass is 9.96. The van der Waals surface area contributed by atoms with Crippen LogP contribution in [0.2, 0.25) is 0 Å². The highest BCUT2D eigenvalue weighted by Gasteiger charge is 2.18. The molecule has 1 fully saturated rings. The Kier molecular flexibility index (Phi) is 5.39. The molecule has 0 saturated heterocycles. The van der Waals surface area contributed by atoms with Gasteiger partial charge in [0.05, 0.1) is 11.3 Å². The minimum Gasteiger partial charge on any atom is -0.385 e. The summed E-state index contributed by atoms with van der Waals surface area (Å²) in [5.41, 5.74) is 0.658. The zero-order chi connectivity index (χ0) is 14.4. The molecule has 110 valence electrons. The van der Waals surface area contributed by atoms with E-state index in [-0.39, 0.29) is 17.6 Å². The van der Waals surface area contributed by atoms with Crippen LogP contribution in [0.5, 0.6) is 0 Å². The Morgan fingerprint density at radius 1 is 1.15 bits per heavy atom. The SMILES string of the molecule is CNc1c(F)cccc1C(=O)NC1CCCCCCC1. The fraction of sp³-hybridized carbons (Fsp3) is 0.562. The first-order valence-electron chi connectivity index (χ1n) is 7.49. The van der Waals surface area contributed by atoms with Crippen LogP contribution in [0.3, 0.4) is 0 Å². The average Bonchev–Trinajstić information content (AvgIpc) is 2.41. The number of benzene rings is 1. The van der Waals surface area contributed by atoms with E-state index in [4.69, 9.17) is 0 Å². The van der Waals surface area contributed by atoms with Crippen LogP contribution in [0.1, 0.15) is 55.3 Å². The normalized spacial score (nSPS) is 17.1. The van der Waals surface area contributed by atoms with Crippen molar-refractivity contribution in [3.63, 3.8) is 0 Å². The minimum absolute atomic E-state index is 0.181. The molecule has 0 unspecified atom stereocenters. The van der Waals surface area contributed by atoms with Crippen LogP contribution in [0, 0.1) is 5.82 Å². The second-order valence-electron chi connectivity index (χ2n) is 5.43. The Hall–Kier alpha value is -1.58. The number of carbonyl (C=O) groups excluding carboxylic acids is 1. The summed E-state index contributed by atoms with van der Waals surface area (Å²) in [6.07, 6.45) is 8.16. The Morgan fingerprint density at radius 2 is 1.80 bits per heavy atom.